The van der Waals surface area contributed by atoms with Crippen LogP contribution < -0.4 is 10.6 Å². The first kappa shape index (κ1) is 16.6. The Morgan fingerprint density at radius 3 is 2.68 bits per heavy atom. The van der Waals surface area contributed by atoms with Crippen molar-refractivity contribution >= 4 is 44.8 Å². The van der Waals surface area contributed by atoms with Gasteiger partial charge in [0.1, 0.15) is 0 Å². The number of hydrogen-bond acceptors (Lipinski definition) is 4. The van der Waals surface area contributed by atoms with Gasteiger partial charge >= 0.3 is 0 Å². The predicted molar refractivity (Wildman–Crippen MR) is 91.1 cm³/mol. The number of hydrogen-bond donors (Lipinski definition) is 2. The van der Waals surface area contributed by atoms with E-state index in [1.165, 1.54) is 11.3 Å². The van der Waals surface area contributed by atoms with E-state index in [4.69, 9.17) is 0 Å². The third-order valence-corrected chi connectivity index (χ3v) is 4.23. The number of aromatic nitrogens is 1. The summed E-state index contributed by atoms with van der Waals surface area (Å²) >= 11 is 4.87. The fourth-order valence-corrected chi connectivity index (χ4v) is 2.95. The predicted octanol–water partition coefficient (Wildman–Crippen LogP) is 2.82. The van der Waals surface area contributed by atoms with E-state index in [1.54, 1.807) is 0 Å². The van der Waals surface area contributed by atoms with Crippen LogP contribution in [-0.4, -0.2) is 23.3 Å². The molecule has 0 unspecified atom stereocenters. The van der Waals surface area contributed by atoms with E-state index >= 15 is 0 Å². The number of amides is 2. The van der Waals surface area contributed by atoms with Crippen LogP contribution in [0.25, 0.3) is 0 Å². The molecule has 2 amide bonds. The van der Waals surface area contributed by atoms with Crippen LogP contribution in [-0.2, 0) is 16.0 Å². The molecule has 2 aromatic rings. The molecule has 5 nitrogen and oxygen atoms in total. The SMILES string of the molecule is Cc1nc(CC(=O)NCC(=O)Nc2ccc(Br)cc2C)cs1. The Morgan fingerprint density at radius 1 is 1.27 bits per heavy atom. The highest BCUT2D eigenvalue weighted by atomic mass is 79.9. The van der Waals surface area contributed by atoms with Gasteiger partial charge in [-0.05, 0) is 37.6 Å². The van der Waals surface area contributed by atoms with Crippen molar-refractivity contribution < 1.29 is 9.59 Å². The number of halogens is 1. The minimum Gasteiger partial charge on any atom is -0.347 e. The molecule has 1 aromatic carbocycles. The molecule has 2 rings (SSSR count). The lowest BCUT2D eigenvalue weighted by molar-refractivity contribution is -0.123. The van der Waals surface area contributed by atoms with Crippen molar-refractivity contribution in [3.05, 3.63) is 44.3 Å². The number of nitrogens with one attached hydrogen (secondary N) is 2. The number of carbonyl (C=O) groups is 2. The molecule has 0 aliphatic rings. The monoisotopic (exact) mass is 381 g/mol. The smallest absolute Gasteiger partial charge is 0.243 e. The first-order valence-corrected chi connectivity index (χ1v) is 8.35. The molecule has 0 fully saturated rings. The van der Waals surface area contributed by atoms with Gasteiger partial charge in [-0.15, -0.1) is 11.3 Å². The molecule has 0 spiro atoms. The molecule has 22 heavy (non-hydrogen) atoms. The number of carbonyl (C=O) groups excluding carboxylic acids is 2. The molecular weight excluding hydrogens is 366 g/mol. The van der Waals surface area contributed by atoms with Crippen molar-refractivity contribution in [3.8, 4) is 0 Å². The molecule has 116 valence electrons. The van der Waals surface area contributed by atoms with Crippen LogP contribution in [0.2, 0.25) is 0 Å². The second kappa shape index (κ2) is 7.51. The van der Waals surface area contributed by atoms with Crippen LogP contribution in [0.1, 0.15) is 16.3 Å². The summed E-state index contributed by atoms with van der Waals surface area (Å²) in [5, 5.41) is 8.14. The van der Waals surface area contributed by atoms with Gasteiger partial charge in [0.15, 0.2) is 0 Å². The van der Waals surface area contributed by atoms with Gasteiger partial charge in [0.05, 0.1) is 23.7 Å². The van der Waals surface area contributed by atoms with E-state index < -0.39 is 0 Å². The molecule has 0 aliphatic carbocycles. The highest BCUT2D eigenvalue weighted by Crippen LogP contribution is 2.19. The third-order valence-electron chi connectivity index (χ3n) is 2.92. The molecule has 0 saturated carbocycles. The van der Waals surface area contributed by atoms with E-state index in [2.05, 4.69) is 31.5 Å². The number of aryl methyl sites for hydroxylation is 2. The standard InChI is InChI=1S/C15H16BrN3O2S/c1-9-5-11(16)3-4-13(9)19-15(21)7-17-14(20)6-12-8-22-10(2)18-12/h3-5,8H,6-7H2,1-2H3,(H,17,20)(H,19,21). The van der Waals surface area contributed by atoms with Gasteiger partial charge in [-0.1, -0.05) is 15.9 Å². The van der Waals surface area contributed by atoms with Gasteiger partial charge in [-0.2, -0.15) is 0 Å². The van der Waals surface area contributed by atoms with Crippen LogP contribution >= 0.6 is 27.3 Å². The number of rotatable bonds is 5. The number of thiazole rings is 1. The van der Waals surface area contributed by atoms with Crippen LogP contribution in [0.4, 0.5) is 5.69 Å². The zero-order valence-electron chi connectivity index (χ0n) is 12.3. The van der Waals surface area contributed by atoms with Gasteiger partial charge in [-0.3, -0.25) is 9.59 Å². The first-order valence-electron chi connectivity index (χ1n) is 6.68. The van der Waals surface area contributed by atoms with Gasteiger partial charge in [0, 0.05) is 15.5 Å². The number of nitrogens with zero attached hydrogens (tertiary/aromatic N) is 1. The van der Waals surface area contributed by atoms with Crippen molar-refractivity contribution in [1.82, 2.24) is 10.3 Å². The molecule has 0 atom stereocenters. The maximum atomic E-state index is 11.9. The third kappa shape index (κ3) is 4.92. The van der Waals surface area contributed by atoms with Gasteiger partial charge in [-0.25, -0.2) is 4.98 Å². The molecule has 0 aliphatic heterocycles. The van der Waals surface area contributed by atoms with Crippen molar-refractivity contribution in [1.29, 1.82) is 0 Å². The second-order valence-electron chi connectivity index (χ2n) is 4.82. The Balaban J connectivity index is 1.81. The fourth-order valence-electron chi connectivity index (χ4n) is 1.86. The zero-order chi connectivity index (χ0) is 16.1. The largest absolute Gasteiger partial charge is 0.347 e. The summed E-state index contributed by atoms with van der Waals surface area (Å²) in [7, 11) is 0. The van der Waals surface area contributed by atoms with Gasteiger partial charge in [0.2, 0.25) is 11.8 Å². The van der Waals surface area contributed by atoms with Gasteiger partial charge in [0.25, 0.3) is 0 Å². The maximum Gasteiger partial charge on any atom is 0.243 e. The molecule has 2 N–H and O–H groups in total. The van der Waals surface area contributed by atoms with Crippen LogP contribution in [0.5, 0.6) is 0 Å². The maximum absolute atomic E-state index is 11.9. The second-order valence-corrected chi connectivity index (χ2v) is 6.80. The zero-order valence-corrected chi connectivity index (χ0v) is 14.7. The first-order chi connectivity index (χ1) is 10.4. The Kier molecular flexibility index (Phi) is 5.68. The van der Waals surface area contributed by atoms with Gasteiger partial charge < -0.3 is 10.6 Å². The molecule has 1 aromatic heterocycles. The van der Waals surface area contributed by atoms with E-state index in [0.29, 0.717) is 0 Å². The van der Waals surface area contributed by atoms with Crippen LogP contribution in [0, 0.1) is 13.8 Å². The summed E-state index contributed by atoms with van der Waals surface area (Å²) in [6.07, 6.45) is 0.189. The average molecular weight is 382 g/mol. The number of benzene rings is 1. The van der Waals surface area contributed by atoms with Crippen molar-refractivity contribution in [2.24, 2.45) is 0 Å². The summed E-state index contributed by atoms with van der Waals surface area (Å²) in [6, 6.07) is 5.59. The van der Waals surface area contributed by atoms with E-state index in [0.717, 1.165) is 26.4 Å². The molecule has 7 heteroatoms. The highest BCUT2D eigenvalue weighted by Gasteiger charge is 2.09. The summed E-state index contributed by atoms with van der Waals surface area (Å²) in [6.45, 7) is 3.74. The minimum absolute atomic E-state index is 0.0581. The van der Waals surface area contributed by atoms with Crippen molar-refractivity contribution in [2.45, 2.75) is 20.3 Å². The topological polar surface area (TPSA) is 71.1 Å². The normalized spacial score (nSPS) is 10.3. The lowest BCUT2D eigenvalue weighted by Gasteiger charge is -2.09. The quantitative estimate of drug-likeness (QED) is 0.836. The van der Waals surface area contributed by atoms with Crippen LogP contribution in [0.3, 0.4) is 0 Å². The number of anilines is 1. The summed E-state index contributed by atoms with van der Waals surface area (Å²) in [4.78, 5) is 27.8. The molecule has 1 heterocycles. The Bertz CT molecular complexity index is 700. The van der Waals surface area contributed by atoms with E-state index in [9.17, 15) is 9.59 Å². The summed E-state index contributed by atoms with van der Waals surface area (Å²) in [5.41, 5.74) is 2.41. The molecule has 0 bridgehead atoms. The Hall–Kier alpha value is -1.73. The summed E-state index contributed by atoms with van der Waals surface area (Å²) < 4.78 is 0.954. The van der Waals surface area contributed by atoms with E-state index in [-0.39, 0.29) is 24.8 Å². The lowest BCUT2D eigenvalue weighted by atomic mass is 10.2. The highest BCUT2D eigenvalue weighted by molar-refractivity contribution is 9.10. The Labute approximate surface area is 141 Å². The molecule has 0 radical (unpaired) electrons. The van der Waals surface area contributed by atoms with Crippen molar-refractivity contribution in [3.63, 3.8) is 0 Å². The van der Waals surface area contributed by atoms with Crippen LogP contribution in [0.15, 0.2) is 28.1 Å². The average Bonchev–Trinajstić information content (AvgIpc) is 2.85. The summed E-state index contributed by atoms with van der Waals surface area (Å²) in [5.74, 6) is -0.471. The van der Waals surface area contributed by atoms with Crippen molar-refractivity contribution in [2.75, 3.05) is 11.9 Å². The fraction of sp³-hybridized carbons (Fsp3) is 0.267. The molecular formula is C15H16BrN3O2S. The minimum atomic E-state index is -0.256. The molecule has 0 saturated heterocycles. The lowest BCUT2D eigenvalue weighted by Crippen LogP contribution is -2.34. The Morgan fingerprint density at radius 2 is 2.05 bits per heavy atom. The van der Waals surface area contributed by atoms with E-state index in [1.807, 2.05) is 37.4 Å².